The van der Waals surface area contributed by atoms with Crippen LogP contribution < -0.4 is 5.26 Å². The quantitative estimate of drug-likeness (QED) is 0.338. The Balaban J connectivity index is 1.60. The standard InChI is InChI=1S/C13H18F2O6S/c14-13(15,22-21-20-18)10(16)19-7-11-2-8-1-9(3-11)5-12(17,4-8)6-11/h8-9,17-18H,1-7H2/p-1. The minimum Gasteiger partial charge on any atom is -0.691 e. The first kappa shape index (κ1) is 16.4. The van der Waals surface area contributed by atoms with Crippen LogP contribution >= 0.6 is 12.0 Å². The molecule has 4 fully saturated rings. The lowest BCUT2D eigenvalue weighted by molar-refractivity contribution is -0.777. The van der Waals surface area contributed by atoms with Crippen LogP contribution in [0.3, 0.4) is 0 Å². The smallest absolute Gasteiger partial charge is 0.415 e. The maximum Gasteiger partial charge on any atom is 0.415 e. The SMILES string of the molecule is O=C(OCC12CC3CC(CC(O)(C3)C1)C2)C(F)(F)SOO[O-]. The molecule has 0 aromatic heterocycles. The number of esters is 1. The predicted molar refractivity (Wildman–Crippen MR) is 67.7 cm³/mol. The first-order valence-electron chi connectivity index (χ1n) is 7.18. The lowest BCUT2D eigenvalue weighted by Crippen LogP contribution is -2.57. The highest BCUT2D eigenvalue weighted by Crippen LogP contribution is 2.61. The number of carbonyl (C=O) groups is 1. The van der Waals surface area contributed by atoms with E-state index in [9.17, 15) is 23.9 Å². The molecule has 0 spiro atoms. The molecule has 4 saturated carbocycles. The number of aliphatic hydroxyl groups is 1. The zero-order valence-electron chi connectivity index (χ0n) is 11.8. The van der Waals surface area contributed by atoms with Crippen LogP contribution in [0.5, 0.6) is 0 Å². The first-order chi connectivity index (χ1) is 10.3. The van der Waals surface area contributed by atoms with Crippen LogP contribution in [0, 0.1) is 17.3 Å². The van der Waals surface area contributed by atoms with Gasteiger partial charge in [0, 0.05) is 5.41 Å². The summed E-state index contributed by atoms with van der Waals surface area (Å²) in [6, 6.07) is 0. The molecule has 0 aliphatic heterocycles. The number of carbonyl (C=O) groups excluding carboxylic acids is 1. The summed E-state index contributed by atoms with van der Waals surface area (Å²) in [6.07, 6.45) is 4.62. The van der Waals surface area contributed by atoms with Gasteiger partial charge in [0.2, 0.25) is 0 Å². The third-order valence-electron chi connectivity index (χ3n) is 5.06. The van der Waals surface area contributed by atoms with E-state index < -0.39 is 34.3 Å². The van der Waals surface area contributed by atoms with Gasteiger partial charge in [-0.25, -0.2) is 4.79 Å². The number of rotatable bonds is 6. The summed E-state index contributed by atoms with van der Waals surface area (Å²) in [4.78, 5) is 11.5. The van der Waals surface area contributed by atoms with E-state index >= 15 is 0 Å². The Labute approximate surface area is 130 Å². The lowest BCUT2D eigenvalue weighted by atomic mass is 9.48. The molecule has 9 heteroatoms. The molecule has 0 aromatic carbocycles. The summed E-state index contributed by atoms with van der Waals surface area (Å²) < 4.78 is 34.9. The van der Waals surface area contributed by atoms with Gasteiger partial charge in [-0.15, -0.1) is 0 Å². The van der Waals surface area contributed by atoms with Gasteiger partial charge in [-0.3, -0.25) is 5.04 Å². The van der Waals surface area contributed by atoms with Crippen molar-refractivity contribution in [1.82, 2.24) is 0 Å². The van der Waals surface area contributed by atoms with Crippen molar-refractivity contribution >= 4 is 18.0 Å². The summed E-state index contributed by atoms with van der Waals surface area (Å²) >= 11 is -0.689. The van der Waals surface area contributed by atoms with E-state index in [-0.39, 0.29) is 6.61 Å². The summed E-state index contributed by atoms with van der Waals surface area (Å²) in [5, 5.41) is 18.9. The summed E-state index contributed by atoms with van der Waals surface area (Å²) in [5.74, 6) is -1.02. The van der Waals surface area contributed by atoms with Gasteiger partial charge in [0.15, 0.2) is 0 Å². The normalized spacial score (nSPS) is 40.0. The molecule has 0 aromatic rings. The fourth-order valence-corrected chi connectivity index (χ4v) is 5.20. The maximum atomic E-state index is 13.3. The Morgan fingerprint density at radius 3 is 2.50 bits per heavy atom. The van der Waals surface area contributed by atoms with Crippen LogP contribution in [0.1, 0.15) is 38.5 Å². The van der Waals surface area contributed by atoms with E-state index in [1.807, 2.05) is 0 Å². The van der Waals surface area contributed by atoms with Crippen LogP contribution in [0.2, 0.25) is 0 Å². The monoisotopic (exact) mass is 339 g/mol. The zero-order chi connectivity index (χ0) is 16.0. The van der Waals surface area contributed by atoms with Crippen LogP contribution in [0.15, 0.2) is 0 Å². The highest BCUT2D eigenvalue weighted by molar-refractivity contribution is 7.96. The molecular formula is C13H17F2O6S-. The Bertz CT molecular complexity index is 446. The first-order valence-corrected chi connectivity index (χ1v) is 7.92. The summed E-state index contributed by atoms with van der Waals surface area (Å²) in [7, 11) is 0. The molecule has 126 valence electrons. The van der Waals surface area contributed by atoms with Crippen LogP contribution in [-0.4, -0.2) is 28.5 Å². The third kappa shape index (κ3) is 3.09. The number of hydrogen-bond acceptors (Lipinski definition) is 7. The molecule has 2 atom stereocenters. The van der Waals surface area contributed by atoms with Crippen molar-refractivity contribution in [3.05, 3.63) is 0 Å². The largest absolute Gasteiger partial charge is 0.691 e. The average molecular weight is 339 g/mol. The van der Waals surface area contributed by atoms with E-state index in [1.54, 1.807) is 0 Å². The van der Waals surface area contributed by atoms with Crippen molar-refractivity contribution in [2.45, 2.75) is 49.4 Å². The molecule has 4 aliphatic carbocycles. The van der Waals surface area contributed by atoms with Crippen molar-refractivity contribution in [2.24, 2.45) is 17.3 Å². The maximum absolute atomic E-state index is 13.3. The molecule has 0 radical (unpaired) electrons. The number of alkyl halides is 2. The second-order valence-electron chi connectivity index (χ2n) is 7.00. The number of hydrogen-bond donors (Lipinski definition) is 1. The van der Waals surface area contributed by atoms with Gasteiger partial charge in [-0.1, -0.05) is 0 Å². The lowest BCUT2D eigenvalue weighted by Gasteiger charge is -2.59. The van der Waals surface area contributed by atoms with E-state index in [1.165, 1.54) is 0 Å². The highest BCUT2D eigenvalue weighted by atomic mass is 32.2. The van der Waals surface area contributed by atoms with Gasteiger partial charge in [0.1, 0.15) is 12.0 Å². The van der Waals surface area contributed by atoms with Gasteiger partial charge in [0.25, 0.3) is 0 Å². The molecule has 6 nitrogen and oxygen atoms in total. The highest BCUT2D eigenvalue weighted by Gasteiger charge is 2.58. The molecule has 0 heterocycles. The zero-order valence-corrected chi connectivity index (χ0v) is 12.6. The molecule has 4 rings (SSSR count). The van der Waals surface area contributed by atoms with Crippen molar-refractivity contribution in [1.29, 1.82) is 0 Å². The van der Waals surface area contributed by atoms with E-state index in [2.05, 4.69) is 9.37 Å². The van der Waals surface area contributed by atoms with Crippen molar-refractivity contribution < 1.29 is 38.0 Å². The van der Waals surface area contributed by atoms with Crippen LogP contribution in [0.4, 0.5) is 8.78 Å². The minimum atomic E-state index is -4.01. The topological polar surface area (TPSA) is 88.1 Å². The van der Waals surface area contributed by atoms with Gasteiger partial charge >= 0.3 is 11.2 Å². The molecule has 4 aliphatic rings. The van der Waals surface area contributed by atoms with E-state index in [0.29, 0.717) is 18.3 Å². The Morgan fingerprint density at radius 1 is 1.32 bits per heavy atom. The Hall–Kier alpha value is -0.480. The number of ether oxygens (including phenoxy) is 1. The Kier molecular flexibility index (Phi) is 4.14. The summed E-state index contributed by atoms with van der Waals surface area (Å²) in [6.45, 7) is -0.143. The average Bonchev–Trinajstić information content (AvgIpc) is 2.40. The van der Waals surface area contributed by atoms with Gasteiger partial charge in [-0.05, 0) is 50.4 Å². The fraction of sp³-hybridized carbons (Fsp3) is 0.923. The van der Waals surface area contributed by atoms with Gasteiger partial charge < -0.3 is 15.1 Å². The van der Waals surface area contributed by atoms with E-state index in [4.69, 9.17) is 4.74 Å². The molecule has 0 saturated heterocycles. The van der Waals surface area contributed by atoms with Crippen molar-refractivity contribution in [2.75, 3.05) is 6.61 Å². The molecular weight excluding hydrogens is 322 g/mol. The van der Waals surface area contributed by atoms with Crippen molar-refractivity contribution in [3.63, 3.8) is 0 Å². The predicted octanol–water partition coefficient (Wildman–Crippen LogP) is 1.33. The number of halogens is 2. The van der Waals surface area contributed by atoms with Gasteiger partial charge in [0.05, 0.1) is 12.2 Å². The van der Waals surface area contributed by atoms with E-state index in [0.717, 1.165) is 32.1 Å². The van der Waals surface area contributed by atoms with Crippen molar-refractivity contribution in [3.8, 4) is 0 Å². The van der Waals surface area contributed by atoms with Crippen LogP contribution in [-0.2, 0) is 18.9 Å². The molecule has 1 N–H and O–H groups in total. The summed E-state index contributed by atoms with van der Waals surface area (Å²) in [5.41, 5.74) is -1.15. The second-order valence-corrected chi connectivity index (χ2v) is 7.81. The minimum absolute atomic E-state index is 0.143. The molecule has 0 amide bonds. The van der Waals surface area contributed by atoms with Crippen LogP contribution in [0.25, 0.3) is 0 Å². The third-order valence-corrected chi connectivity index (χ3v) is 5.56. The molecule has 22 heavy (non-hydrogen) atoms. The fourth-order valence-electron chi connectivity index (χ4n) is 4.96. The Morgan fingerprint density at radius 2 is 1.95 bits per heavy atom. The van der Waals surface area contributed by atoms with Gasteiger partial charge in [-0.2, -0.15) is 13.1 Å². The molecule has 2 unspecified atom stereocenters. The molecule has 4 bridgehead atoms. The second kappa shape index (κ2) is 5.55.